The molecular formula is C25H26F2O3. The molecule has 0 unspecified atom stereocenters. The third kappa shape index (κ3) is 4.66. The molecule has 0 bridgehead atoms. The van der Waals surface area contributed by atoms with E-state index >= 15 is 4.39 Å². The lowest BCUT2D eigenvalue weighted by atomic mass is 9.92. The minimum Gasteiger partial charge on any atom is -0.494 e. The van der Waals surface area contributed by atoms with Gasteiger partial charge in [-0.2, -0.15) is 0 Å². The number of hydrogen-bond donors (Lipinski definition) is 1. The lowest BCUT2D eigenvalue weighted by molar-refractivity contribution is 0.285. The molecule has 0 heterocycles. The van der Waals surface area contributed by atoms with Crippen LogP contribution in [0.5, 0.6) is 11.5 Å². The summed E-state index contributed by atoms with van der Waals surface area (Å²) < 4.78 is 39.3. The second-order valence-corrected chi connectivity index (χ2v) is 7.15. The third-order valence-electron chi connectivity index (χ3n) is 5.28. The van der Waals surface area contributed by atoms with E-state index in [-0.39, 0.29) is 23.9 Å². The van der Waals surface area contributed by atoms with Gasteiger partial charge in [0, 0.05) is 24.2 Å². The quantitative estimate of drug-likeness (QED) is 0.510. The molecule has 158 valence electrons. The van der Waals surface area contributed by atoms with Gasteiger partial charge < -0.3 is 14.6 Å². The van der Waals surface area contributed by atoms with Gasteiger partial charge in [-0.1, -0.05) is 17.9 Å². The number of unbranched alkanes of at least 4 members (excludes halogenated alkanes) is 2. The number of ether oxygens (including phenoxy) is 2. The molecule has 0 saturated carbocycles. The maximum Gasteiger partial charge on any atom is 0.168 e. The fourth-order valence-corrected chi connectivity index (χ4v) is 3.72. The lowest BCUT2D eigenvalue weighted by Crippen LogP contribution is -1.99. The summed E-state index contributed by atoms with van der Waals surface area (Å²) >= 11 is 0. The van der Waals surface area contributed by atoms with Crippen molar-refractivity contribution in [3.63, 3.8) is 0 Å². The Kier molecular flexibility index (Phi) is 7.48. The first-order chi connectivity index (χ1) is 14.6. The van der Waals surface area contributed by atoms with E-state index in [1.165, 1.54) is 20.3 Å². The summed E-state index contributed by atoms with van der Waals surface area (Å²) in [7, 11) is 2.89. The van der Waals surface area contributed by atoms with Crippen molar-refractivity contribution in [2.75, 3.05) is 20.8 Å². The molecule has 1 N–H and O–H groups in total. The molecule has 5 heteroatoms. The molecule has 0 saturated heterocycles. The van der Waals surface area contributed by atoms with Gasteiger partial charge in [-0.3, -0.25) is 0 Å². The number of benzene rings is 2. The highest BCUT2D eigenvalue weighted by molar-refractivity contribution is 6.00. The van der Waals surface area contributed by atoms with Gasteiger partial charge >= 0.3 is 0 Å². The standard InChI is InChI=1S/C25H26F2O3/c1-29-23-14-12-20-19(8-5-3-4-6-15-28)18(9-7-10-21(20)25(23)27)17-11-13-22(26)24(16-17)30-2/h11-14,16,28H,3-4,6-7,9-10,15H2,1-2H3. The Morgan fingerprint density at radius 1 is 1.00 bits per heavy atom. The zero-order valence-electron chi connectivity index (χ0n) is 17.4. The van der Waals surface area contributed by atoms with E-state index in [0.717, 1.165) is 35.1 Å². The summed E-state index contributed by atoms with van der Waals surface area (Å²) in [5, 5.41) is 8.97. The highest BCUT2D eigenvalue weighted by Gasteiger charge is 2.22. The van der Waals surface area contributed by atoms with Crippen LogP contribution in [0.3, 0.4) is 0 Å². The van der Waals surface area contributed by atoms with Crippen molar-refractivity contribution in [1.29, 1.82) is 0 Å². The first kappa shape index (κ1) is 21.9. The van der Waals surface area contributed by atoms with E-state index in [1.54, 1.807) is 18.2 Å². The minimum atomic E-state index is -0.428. The second-order valence-electron chi connectivity index (χ2n) is 7.15. The SMILES string of the molecule is COc1cc(C2=C(C#CCCCCO)c3ccc(OC)c(F)c3CCC2)ccc1F. The minimum absolute atomic E-state index is 0.138. The number of allylic oxidation sites excluding steroid dienone is 2. The average Bonchev–Trinajstić information content (AvgIpc) is 2.94. The Hall–Kier alpha value is -2.84. The van der Waals surface area contributed by atoms with Gasteiger partial charge in [0.2, 0.25) is 0 Å². The number of halogens is 2. The molecule has 0 fully saturated rings. The summed E-state index contributed by atoms with van der Waals surface area (Å²) in [5.41, 5.74) is 3.86. The topological polar surface area (TPSA) is 38.7 Å². The van der Waals surface area contributed by atoms with Crippen LogP contribution in [0.2, 0.25) is 0 Å². The highest BCUT2D eigenvalue weighted by atomic mass is 19.1. The molecule has 2 aromatic carbocycles. The Morgan fingerprint density at radius 2 is 1.80 bits per heavy atom. The van der Waals surface area contributed by atoms with Crippen LogP contribution in [0.25, 0.3) is 11.1 Å². The molecule has 2 aromatic rings. The van der Waals surface area contributed by atoms with Crippen molar-refractivity contribution in [2.45, 2.75) is 38.5 Å². The van der Waals surface area contributed by atoms with E-state index in [9.17, 15) is 4.39 Å². The first-order valence-electron chi connectivity index (χ1n) is 10.1. The molecule has 0 atom stereocenters. The first-order valence-corrected chi connectivity index (χ1v) is 10.1. The van der Waals surface area contributed by atoms with Crippen LogP contribution < -0.4 is 9.47 Å². The van der Waals surface area contributed by atoms with Gasteiger partial charge in [0.05, 0.1) is 14.2 Å². The van der Waals surface area contributed by atoms with E-state index in [0.29, 0.717) is 31.2 Å². The summed E-state index contributed by atoms with van der Waals surface area (Å²) in [5.74, 6) is 6.02. The maximum atomic E-state index is 15.0. The van der Waals surface area contributed by atoms with Crippen molar-refractivity contribution in [2.24, 2.45) is 0 Å². The number of rotatable bonds is 6. The van der Waals surface area contributed by atoms with Gasteiger partial charge in [0.25, 0.3) is 0 Å². The molecule has 3 nitrogen and oxygen atoms in total. The molecule has 30 heavy (non-hydrogen) atoms. The molecule has 1 aliphatic rings. The summed E-state index contributed by atoms with van der Waals surface area (Å²) in [6, 6.07) is 8.24. The van der Waals surface area contributed by atoms with Crippen LogP contribution in [0.15, 0.2) is 30.3 Å². The Balaban J connectivity index is 2.17. The van der Waals surface area contributed by atoms with Crippen molar-refractivity contribution in [1.82, 2.24) is 0 Å². The van der Waals surface area contributed by atoms with Crippen LogP contribution in [-0.4, -0.2) is 25.9 Å². The fourth-order valence-electron chi connectivity index (χ4n) is 3.72. The molecule has 0 amide bonds. The van der Waals surface area contributed by atoms with Crippen molar-refractivity contribution >= 4 is 11.1 Å². The highest BCUT2D eigenvalue weighted by Crippen LogP contribution is 2.39. The molecule has 1 aliphatic carbocycles. The van der Waals surface area contributed by atoms with E-state index < -0.39 is 5.82 Å². The number of aliphatic hydroxyl groups excluding tert-OH is 1. The van der Waals surface area contributed by atoms with E-state index in [2.05, 4.69) is 11.8 Å². The zero-order valence-corrected chi connectivity index (χ0v) is 17.4. The Bertz CT molecular complexity index is 999. The maximum absolute atomic E-state index is 15.0. The van der Waals surface area contributed by atoms with E-state index in [1.807, 2.05) is 6.07 Å². The number of hydrogen-bond acceptors (Lipinski definition) is 3. The van der Waals surface area contributed by atoms with Crippen LogP contribution >= 0.6 is 0 Å². The second kappa shape index (κ2) is 10.3. The zero-order chi connectivity index (χ0) is 21.5. The molecule has 0 spiro atoms. The monoisotopic (exact) mass is 412 g/mol. The summed E-state index contributed by atoms with van der Waals surface area (Å²) in [6.45, 7) is 0.138. The van der Waals surface area contributed by atoms with Crippen LogP contribution in [0.4, 0.5) is 8.78 Å². The van der Waals surface area contributed by atoms with Gasteiger partial charge in [-0.05, 0) is 73.1 Å². The van der Waals surface area contributed by atoms with Gasteiger partial charge in [0.1, 0.15) is 0 Å². The molecule has 0 aromatic heterocycles. The summed E-state index contributed by atoms with van der Waals surface area (Å²) in [6.07, 6.45) is 4.11. The normalized spacial score (nSPS) is 13.2. The van der Waals surface area contributed by atoms with Crippen molar-refractivity contribution < 1.29 is 23.4 Å². The van der Waals surface area contributed by atoms with Crippen molar-refractivity contribution in [3.05, 3.63) is 58.7 Å². The van der Waals surface area contributed by atoms with E-state index in [4.69, 9.17) is 14.6 Å². The molecule has 3 rings (SSSR count). The van der Waals surface area contributed by atoms with Gasteiger partial charge in [-0.25, -0.2) is 8.78 Å². The third-order valence-corrected chi connectivity index (χ3v) is 5.28. The molecule has 0 aliphatic heterocycles. The molecular weight excluding hydrogens is 386 g/mol. The lowest BCUT2D eigenvalue weighted by Gasteiger charge is -2.14. The van der Waals surface area contributed by atoms with Crippen LogP contribution in [-0.2, 0) is 6.42 Å². The van der Waals surface area contributed by atoms with Gasteiger partial charge in [-0.15, -0.1) is 0 Å². The summed E-state index contributed by atoms with van der Waals surface area (Å²) in [4.78, 5) is 0. The number of methoxy groups -OCH3 is 2. The average molecular weight is 412 g/mol. The number of fused-ring (bicyclic) bond motifs is 1. The van der Waals surface area contributed by atoms with Crippen LogP contribution in [0, 0.1) is 23.5 Å². The van der Waals surface area contributed by atoms with Crippen LogP contribution in [0.1, 0.15) is 48.8 Å². The largest absolute Gasteiger partial charge is 0.494 e. The molecule has 0 radical (unpaired) electrons. The fraction of sp³-hybridized carbons (Fsp3) is 0.360. The predicted octanol–water partition coefficient (Wildman–Crippen LogP) is 5.40. The Morgan fingerprint density at radius 3 is 2.53 bits per heavy atom. The smallest absolute Gasteiger partial charge is 0.168 e. The van der Waals surface area contributed by atoms with Gasteiger partial charge in [0.15, 0.2) is 23.1 Å². The number of aliphatic hydroxyl groups is 1. The van der Waals surface area contributed by atoms with Crippen molar-refractivity contribution in [3.8, 4) is 23.3 Å². The Labute approximate surface area is 176 Å². The predicted molar refractivity (Wildman–Crippen MR) is 114 cm³/mol.